The van der Waals surface area contributed by atoms with Crippen LogP contribution in [0.5, 0.6) is 0 Å². The number of carboxylic acid groups (broad SMARTS) is 2. The lowest BCUT2D eigenvalue weighted by Crippen LogP contribution is -2.10. The van der Waals surface area contributed by atoms with Gasteiger partial charge in [0.2, 0.25) is 0 Å². The third-order valence-corrected chi connectivity index (χ3v) is 1.55. The highest BCUT2D eigenvalue weighted by Gasteiger charge is 2.02. The van der Waals surface area contributed by atoms with Crippen LogP contribution in [0.25, 0.3) is 0 Å². The Morgan fingerprint density at radius 3 is 2.00 bits per heavy atom. The van der Waals surface area contributed by atoms with Gasteiger partial charge in [0.25, 0.3) is 0 Å². The van der Waals surface area contributed by atoms with E-state index in [0.717, 1.165) is 5.56 Å². The van der Waals surface area contributed by atoms with Gasteiger partial charge in [-0.15, -0.1) is 0 Å². The molecule has 0 heterocycles. The Kier molecular flexibility index (Phi) is 5.73. The summed E-state index contributed by atoms with van der Waals surface area (Å²) in [6, 6.07) is 6.92. The Hall–Kier alpha value is -1.88. The van der Waals surface area contributed by atoms with Gasteiger partial charge in [0, 0.05) is 0 Å². The number of aromatic carboxylic acids is 1. The van der Waals surface area contributed by atoms with Crippen LogP contribution >= 0.6 is 0 Å². The molecular weight excluding hydrogens is 198 g/mol. The summed E-state index contributed by atoms with van der Waals surface area (Å²) in [7, 11) is 0. The molecule has 0 saturated carbocycles. The fourth-order valence-corrected chi connectivity index (χ4v) is 0.813. The highest BCUT2D eigenvalue weighted by Crippen LogP contribution is 2.05. The first kappa shape index (κ1) is 13.1. The van der Waals surface area contributed by atoms with E-state index in [1.165, 1.54) is 0 Å². The predicted molar refractivity (Wildman–Crippen MR) is 54.8 cm³/mol. The highest BCUT2D eigenvalue weighted by molar-refractivity contribution is 5.89. The lowest BCUT2D eigenvalue weighted by atomic mass is 10.1. The van der Waals surface area contributed by atoms with Crippen LogP contribution in [0.4, 0.5) is 0 Å². The Morgan fingerprint density at radius 2 is 1.73 bits per heavy atom. The molecule has 0 radical (unpaired) electrons. The van der Waals surface area contributed by atoms with Gasteiger partial charge in [0.05, 0.1) is 12.1 Å². The van der Waals surface area contributed by atoms with E-state index in [1.807, 2.05) is 6.07 Å². The number of carboxylic acids is 2. The van der Waals surface area contributed by atoms with Gasteiger partial charge in [0.1, 0.15) is 0 Å². The molecule has 4 N–H and O–H groups in total. The maximum atomic E-state index is 10.4. The van der Waals surface area contributed by atoms with E-state index in [2.05, 4.69) is 5.73 Å². The van der Waals surface area contributed by atoms with E-state index in [9.17, 15) is 9.59 Å². The summed E-state index contributed by atoms with van der Waals surface area (Å²) >= 11 is 0. The average molecular weight is 211 g/mol. The fourth-order valence-electron chi connectivity index (χ4n) is 0.813. The summed E-state index contributed by atoms with van der Waals surface area (Å²) in [4.78, 5) is 19.7. The third-order valence-electron chi connectivity index (χ3n) is 1.55. The molecule has 0 aliphatic rings. The van der Waals surface area contributed by atoms with Gasteiger partial charge in [-0.05, 0) is 18.6 Å². The molecule has 82 valence electrons. The Labute approximate surface area is 87.1 Å². The fraction of sp³-hybridized carbons (Fsp3) is 0.200. The lowest BCUT2D eigenvalue weighted by molar-refractivity contribution is -0.135. The summed E-state index contributed by atoms with van der Waals surface area (Å²) in [6.07, 6.45) is 0. The monoisotopic (exact) mass is 211 g/mol. The van der Waals surface area contributed by atoms with Gasteiger partial charge < -0.3 is 15.9 Å². The minimum atomic E-state index is -0.968. The molecule has 1 aromatic rings. The van der Waals surface area contributed by atoms with Crippen LogP contribution in [0.1, 0.15) is 15.9 Å². The maximum Gasteiger partial charge on any atom is 0.335 e. The molecule has 15 heavy (non-hydrogen) atoms. The van der Waals surface area contributed by atoms with Gasteiger partial charge in [-0.2, -0.15) is 0 Å². The van der Waals surface area contributed by atoms with Crippen molar-refractivity contribution in [3.8, 4) is 0 Å². The Balaban J connectivity index is 0.000000336. The number of carbonyl (C=O) groups is 2. The van der Waals surface area contributed by atoms with Gasteiger partial charge in [-0.1, -0.05) is 18.2 Å². The van der Waals surface area contributed by atoms with Crippen LogP contribution in [-0.2, 0) is 4.79 Å². The summed E-state index contributed by atoms with van der Waals surface area (Å²) in [5.41, 5.74) is 5.75. The Morgan fingerprint density at radius 1 is 1.27 bits per heavy atom. The van der Waals surface area contributed by atoms with Crippen LogP contribution in [-0.4, -0.2) is 28.7 Å². The van der Waals surface area contributed by atoms with Crippen molar-refractivity contribution in [3.05, 3.63) is 35.4 Å². The number of rotatable bonds is 2. The van der Waals surface area contributed by atoms with E-state index in [-0.39, 0.29) is 6.54 Å². The first-order valence-corrected chi connectivity index (χ1v) is 4.19. The van der Waals surface area contributed by atoms with E-state index in [1.54, 1.807) is 25.1 Å². The minimum Gasteiger partial charge on any atom is -0.480 e. The SMILES string of the molecule is Cc1ccccc1C(=O)O.NCC(=O)O. The molecule has 0 aromatic heterocycles. The zero-order valence-corrected chi connectivity index (χ0v) is 8.30. The quantitative estimate of drug-likeness (QED) is 0.669. The predicted octanol–water partition coefficient (Wildman–Crippen LogP) is 0.723. The van der Waals surface area contributed by atoms with Gasteiger partial charge in [0.15, 0.2) is 0 Å². The summed E-state index contributed by atoms with van der Waals surface area (Å²) in [5, 5.41) is 16.2. The molecular formula is C10H13NO4. The second-order valence-electron chi connectivity index (χ2n) is 2.72. The molecule has 5 nitrogen and oxygen atoms in total. The van der Waals surface area contributed by atoms with Crippen molar-refractivity contribution in [1.29, 1.82) is 0 Å². The smallest absolute Gasteiger partial charge is 0.335 e. The number of hydrogen-bond donors (Lipinski definition) is 3. The molecule has 0 atom stereocenters. The third kappa shape index (κ3) is 5.43. The van der Waals surface area contributed by atoms with Gasteiger partial charge >= 0.3 is 11.9 Å². The van der Waals surface area contributed by atoms with Crippen LogP contribution in [0.2, 0.25) is 0 Å². The largest absolute Gasteiger partial charge is 0.480 e. The molecule has 0 unspecified atom stereocenters. The molecule has 0 aliphatic carbocycles. The van der Waals surface area contributed by atoms with Crippen molar-refractivity contribution >= 4 is 11.9 Å². The molecule has 1 rings (SSSR count). The molecule has 0 aliphatic heterocycles. The molecule has 0 saturated heterocycles. The molecule has 5 heteroatoms. The number of aryl methyl sites for hydroxylation is 1. The van der Waals surface area contributed by atoms with E-state index < -0.39 is 11.9 Å². The normalized spacial score (nSPS) is 8.67. The van der Waals surface area contributed by atoms with Gasteiger partial charge in [-0.3, -0.25) is 4.79 Å². The van der Waals surface area contributed by atoms with Gasteiger partial charge in [-0.25, -0.2) is 4.79 Å². The molecule has 1 aromatic carbocycles. The van der Waals surface area contributed by atoms with Crippen molar-refractivity contribution in [3.63, 3.8) is 0 Å². The van der Waals surface area contributed by atoms with Crippen molar-refractivity contribution in [2.24, 2.45) is 5.73 Å². The first-order valence-electron chi connectivity index (χ1n) is 4.19. The number of benzene rings is 1. The highest BCUT2D eigenvalue weighted by atomic mass is 16.4. The second kappa shape index (κ2) is 6.56. The van der Waals surface area contributed by atoms with Crippen molar-refractivity contribution in [2.45, 2.75) is 6.92 Å². The zero-order chi connectivity index (χ0) is 11.8. The van der Waals surface area contributed by atoms with Crippen LogP contribution in [0, 0.1) is 6.92 Å². The molecule has 0 amide bonds. The number of aliphatic carboxylic acids is 1. The van der Waals surface area contributed by atoms with E-state index in [4.69, 9.17) is 10.2 Å². The topological polar surface area (TPSA) is 101 Å². The van der Waals surface area contributed by atoms with Crippen LogP contribution in [0.3, 0.4) is 0 Å². The second-order valence-corrected chi connectivity index (χ2v) is 2.72. The summed E-state index contributed by atoms with van der Waals surface area (Å²) in [6.45, 7) is 1.50. The van der Waals surface area contributed by atoms with Crippen LogP contribution in [0.15, 0.2) is 24.3 Å². The van der Waals surface area contributed by atoms with E-state index >= 15 is 0 Å². The lowest BCUT2D eigenvalue weighted by Gasteiger charge is -1.96. The molecule has 0 bridgehead atoms. The van der Waals surface area contributed by atoms with Crippen LogP contribution < -0.4 is 5.73 Å². The number of nitrogens with two attached hydrogens (primary N) is 1. The van der Waals surface area contributed by atoms with E-state index in [0.29, 0.717) is 5.56 Å². The zero-order valence-electron chi connectivity index (χ0n) is 8.30. The average Bonchev–Trinajstić information content (AvgIpc) is 2.19. The first-order chi connectivity index (χ1) is 6.99. The van der Waals surface area contributed by atoms with Crippen molar-refractivity contribution < 1.29 is 19.8 Å². The maximum absolute atomic E-state index is 10.4. The Bertz CT molecular complexity index is 349. The van der Waals surface area contributed by atoms with Crippen molar-refractivity contribution in [1.82, 2.24) is 0 Å². The summed E-state index contributed by atoms with van der Waals surface area (Å²) in [5.74, 6) is -1.83. The minimum absolute atomic E-state index is 0.278. The number of hydrogen-bond acceptors (Lipinski definition) is 3. The summed E-state index contributed by atoms with van der Waals surface area (Å²) < 4.78 is 0. The molecule has 0 spiro atoms. The van der Waals surface area contributed by atoms with Crippen molar-refractivity contribution in [2.75, 3.05) is 6.54 Å². The molecule has 0 fully saturated rings. The standard InChI is InChI=1S/C8H8O2.C2H5NO2/c1-6-4-2-3-5-7(6)8(9)10;3-1-2(4)5/h2-5H,1H3,(H,9,10);1,3H2,(H,4,5).